The zero-order chi connectivity index (χ0) is 17.8. The molecule has 0 spiro atoms. The van der Waals surface area contributed by atoms with E-state index in [0.717, 1.165) is 10.0 Å². The van der Waals surface area contributed by atoms with Gasteiger partial charge >= 0.3 is 0 Å². The van der Waals surface area contributed by atoms with Gasteiger partial charge in [-0.25, -0.2) is 4.98 Å². The van der Waals surface area contributed by atoms with Crippen molar-refractivity contribution in [2.45, 2.75) is 6.61 Å². The van der Waals surface area contributed by atoms with E-state index in [1.165, 1.54) is 0 Å². The third kappa shape index (κ3) is 3.70. The maximum absolute atomic E-state index is 9.38. The van der Waals surface area contributed by atoms with E-state index in [2.05, 4.69) is 25.9 Å². The molecule has 7 heteroatoms. The molecule has 4 N–H and O–H groups in total. The smallest absolute Gasteiger partial charge is 0.222 e. The van der Waals surface area contributed by atoms with Crippen LogP contribution in [0.3, 0.4) is 0 Å². The lowest BCUT2D eigenvalue weighted by Gasteiger charge is -2.13. The fourth-order valence-electron chi connectivity index (χ4n) is 2.38. The summed E-state index contributed by atoms with van der Waals surface area (Å²) in [4.78, 5) is 8.02. The van der Waals surface area contributed by atoms with Crippen LogP contribution in [0.15, 0.2) is 53.0 Å². The number of rotatable bonds is 4. The molecule has 0 aliphatic heterocycles. The van der Waals surface area contributed by atoms with Crippen LogP contribution in [0.1, 0.15) is 11.1 Å². The van der Waals surface area contributed by atoms with Crippen LogP contribution in [-0.4, -0.2) is 9.97 Å². The number of para-hydroxylation sites is 1. The van der Waals surface area contributed by atoms with E-state index in [-0.39, 0.29) is 17.3 Å². The van der Waals surface area contributed by atoms with Crippen LogP contribution in [0.4, 0.5) is 11.8 Å². The maximum atomic E-state index is 9.38. The van der Waals surface area contributed by atoms with Gasteiger partial charge in [0.25, 0.3) is 0 Å². The zero-order valence-electron chi connectivity index (χ0n) is 13.1. The third-order valence-electron chi connectivity index (χ3n) is 3.49. The highest BCUT2D eigenvalue weighted by molar-refractivity contribution is 9.10. The molecule has 3 aromatic rings. The second-order valence-corrected chi connectivity index (χ2v) is 6.13. The van der Waals surface area contributed by atoms with E-state index in [9.17, 15) is 5.26 Å². The highest BCUT2D eigenvalue weighted by Crippen LogP contribution is 2.33. The monoisotopic (exact) mass is 395 g/mol. The molecule has 6 nitrogen and oxygen atoms in total. The molecule has 0 bridgehead atoms. The Morgan fingerprint density at radius 1 is 1.08 bits per heavy atom. The van der Waals surface area contributed by atoms with Gasteiger partial charge < -0.3 is 16.2 Å². The molecule has 1 heterocycles. The quantitative estimate of drug-likeness (QED) is 0.698. The van der Waals surface area contributed by atoms with Crippen molar-refractivity contribution in [3.8, 4) is 23.1 Å². The molecule has 0 unspecified atom stereocenters. The van der Waals surface area contributed by atoms with Crippen molar-refractivity contribution in [2.24, 2.45) is 0 Å². The van der Waals surface area contributed by atoms with Crippen molar-refractivity contribution in [1.29, 1.82) is 5.26 Å². The van der Waals surface area contributed by atoms with Crippen LogP contribution in [0.25, 0.3) is 11.3 Å². The predicted octanol–water partition coefficient (Wildman–Crippen LogP) is 3.52. The number of anilines is 2. The number of hydrogen-bond acceptors (Lipinski definition) is 6. The molecule has 0 saturated heterocycles. The third-order valence-corrected chi connectivity index (χ3v) is 3.98. The topological polar surface area (TPSA) is 111 Å². The summed E-state index contributed by atoms with van der Waals surface area (Å²) in [6.07, 6.45) is 0. The number of halogens is 1. The lowest BCUT2D eigenvalue weighted by Crippen LogP contribution is -2.06. The molecular formula is C18H14BrN5O. The lowest BCUT2D eigenvalue weighted by atomic mass is 10.1. The average molecular weight is 396 g/mol. The predicted molar refractivity (Wildman–Crippen MR) is 99.5 cm³/mol. The Morgan fingerprint density at radius 2 is 1.88 bits per heavy atom. The van der Waals surface area contributed by atoms with Gasteiger partial charge in [-0.15, -0.1) is 0 Å². The van der Waals surface area contributed by atoms with E-state index in [4.69, 9.17) is 16.2 Å². The Bertz CT molecular complexity index is 968. The molecule has 0 amide bonds. The van der Waals surface area contributed by atoms with Crippen molar-refractivity contribution in [1.82, 2.24) is 9.97 Å². The van der Waals surface area contributed by atoms with Gasteiger partial charge in [0.2, 0.25) is 5.95 Å². The molecule has 3 rings (SSSR count). The number of benzene rings is 2. The van der Waals surface area contributed by atoms with Gasteiger partial charge in [0.15, 0.2) is 0 Å². The first-order chi connectivity index (χ1) is 12.1. The van der Waals surface area contributed by atoms with Gasteiger partial charge in [0.1, 0.15) is 29.8 Å². The van der Waals surface area contributed by atoms with Crippen LogP contribution in [-0.2, 0) is 6.61 Å². The van der Waals surface area contributed by atoms with Gasteiger partial charge in [-0.2, -0.15) is 10.2 Å². The standard InChI is InChI=1S/C18H14BrN5O/c19-12-5-3-4-11(8-12)10-25-15-7-2-1-6-13(15)16-14(9-20)17(21)24-18(22)23-16/h1-8H,10H2,(H4,21,22,23,24). The number of aromatic nitrogens is 2. The highest BCUT2D eigenvalue weighted by Gasteiger charge is 2.16. The number of nitrogen functional groups attached to an aromatic ring is 2. The number of nitriles is 1. The van der Waals surface area contributed by atoms with Crippen molar-refractivity contribution in [3.05, 3.63) is 64.1 Å². The van der Waals surface area contributed by atoms with Crippen LogP contribution in [0.2, 0.25) is 0 Å². The normalized spacial score (nSPS) is 10.2. The van der Waals surface area contributed by atoms with E-state index >= 15 is 0 Å². The van der Waals surface area contributed by atoms with Gasteiger partial charge in [-0.3, -0.25) is 0 Å². The van der Waals surface area contributed by atoms with Crippen LogP contribution >= 0.6 is 15.9 Å². The number of nitrogens with two attached hydrogens (primary N) is 2. The summed E-state index contributed by atoms with van der Waals surface area (Å²) in [6.45, 7) is 0.369. The fourth-order valence-corrected chi connectivity index (χ4v) is 2.82. The highest BCUT2D eigenvalue weighted by atomic mass is 79.9. The Kier molecular flexibility index (Phi) is 4.82. The van der Waals surface area contributed by atoms with E-state index in [1.54, 1.807) is 6.07 Å². The lowest BCUT2D eigenvalue weighted by molar-refractivity contribution is 0.307. The largest absolute Gasteiger partial charge is 0.488 e. The van der Waals surface area contributed by atoms with Gasteiger partial charge in [-0.05, 0) is 29.8 Å². The second kappa shape index (κ2) is 7.20. The first-order valence-corrected chi connectivity index (χ1v) is 8.17. The van der Waals surface area contributed by atoms with Crippen LogP contribution in [0, 0.1) is 11.3 Å². The Morgan fingerprint density at radius 3 is 2.64 bits per heavy atom. The molecule has 0 saturated carbocycles. The van der Waals surface area contributed by atoms with Gasteiger partial charge in [-0.1, -0.05) is 40.2 Å². The molecule has 1 aromatic heterocycles. The molecule has 0 radical (unpaired) electrons. The number of ether oxygens (including phenoxy) is 1. The Labute approximate surface area is 153 Å². The van der Waals surface area contributed by atoms with Gasteiger partial charge in [0, 0.05) is 10.0 Å². The summed E-state index contributed by atoms with van der Waals surface area (Å²) < 4.78 is 6.92. The van der Waals surface area contributed by atoms with Crippen LogP contribution < -0.4 is 16.2 Å². The molecule has 0 aliphatic carbocycles. The summed E-state index contributed by atoms with van der Waals surface area (Å²) in [7, 11) is 0. The van der Waals surface area contributed by atoms with Crippen molar-refractivity contribution in [2.75, 3.05) is 11.5 Å². The molecule has 25 heavy (non-hydrogen) atoms. The average Bonchev–Trinajstić information content (AvgIpc) is 2.60. The Hall–Kier alpha value is -3.11. The summed E-state index contributed by atoms with van der Waals surface area (Å²) in [6, 6.07) is 17.1. The number of hydrogen-bond donors (Lipinski definition) is 2. The molecule has 2 aromatic carbocycles. The molecule has 0 atom stereocenters. The molecule has 0 fully saturated rings. The minimum atomic E-state index is 0.00768. The minimum absolute atomic E-state index is 0.00768. The Balaban J connectivity index is 1.99. The zero-order valence-corrected chi connectivity index (χ0v) is 14.7. The van der Waals surface area contributed by atoms with Crippen molar-refractivity contribution in [3.63, 3.8) is 0 Å². The molecule has 124 valence electrons. The summed E-state index contributed by atoms with van der Waals surface area (Å²) in [5.41, 5.74) is 13.7. The second-order valence-electron chi connectivity index (χ2n) is 5.22. The minimum Gasteiger partial charge on any atom is -0.488 e. The summed E-state index contributed by atoms with van der Waals surface area (Å²) >= 11 is 3.44. The first kappa shape index (κ1) is 16.7. The summed E-state index contributed by atoms with van der Waals surface area (Å²) in [5.74, 6) is 0.636. The number of nitrogens with zero attached hydrogens (tertiary/aromatic N) is 3. The van der Waals surface area contributed by atoms with Crippen LogP contribution in [0.5, 0.6) is 5.75 Å². The molecule has 0 aliphatic rings. The van der Waals surface area contributed by atoms with E-state index in [1.807, 2.05) is 48.5 Å². The van der Waals surface area contributed by atoms with Gasteiger partial charge in [0.05, 0.1) is 5.69 Å². The summed E-state index contributed by atoms with van der Waals surface area (Å²) in [5, 5.41) is 9.38. The fraction of sp³-hybridized carbons (Fsp3) is 0.0556. The first-order valence-electron chi connectivity index (χ1n) is 7.38. The van der Waals surface area contributed by atoms with Crippen molar-refractivity contribution >= 4 is 27.7 Å². The molecular weight excluding hydrogens is 382 g/mol. The van der Waals surface area contributed by atoms with E-state index < -0.39 is 0 Å². The van der Waals surface area contributed by atoms with E-state index in [0.29, 0.717) is 23.6 Å². The SMILES string of the molecule is N#Cc1c(N)nc(N)nc1-c1ccccc1OCc1cccc(Br)c1. The van der Waals surface area contributed by atoms with Crippen molar-refractivity contribution < 1.29 is 4.74 Å². The maximum Gasteiger partial charge on any atom is 0.222 e.